The molecule has 0 aromatic heterocycles. The summed E-state index contributed by atoms with van der Waals surface area (Å²) >= 11 is 0. The van der Waals surface area contributed by atoms with E-state index in [9.17, 15) is 8.42 Å². The molecule has 0 amide bonds. The minimum Gasteiger partial charge on any atom is -0.310 e. The van der Waals surface area contributed by atoms with Gasteiger partial charge >= 0.3 is 0 Å². The lowest BCUT2D eigenvalue weighted by Crippen LogP contribution is -2.49. The summed E-state index contributed by atoms with van der Waals surface area (Å²) in [5, 5.41) is 3.35. The summed E-state index contributed by atoms with van der Waals surface area (Å²) in [4.78, 5) is 0. The SMILES string of the molecule is O=S1(=O)CCCC2(CCCN2)C1. The quantitative estimate of drug-likeness (QED) is 0.597. The zero-order valence-corrected chi connectivity index (χ0v) is 7.99. The third-order valence-electron chi connectivity index (χ3n) is 2.94. The van der Waals surface area contributed by atoms with E-state index in [4.69, 9.17) is 0 Å². The highest BCUT2D eigenvalue weighted by atomic mass is 32.2. The van der Waals surface area contributed by atoms with Crippen molar-refractivity contribution in [2.75, 3.05) is 18.1 Å². The lowest BCUT2D eigenvalue weighted by molar-refractivity contribution is 0.367. The standard InChI is InChI=1S/C8H15NO2S/c10-12(11)6-2-4-8(7-12)3-1-5-9-8/h9H,1-7H2. The smallest absolute Gasteiger partial charge is 0.152 e. The van der Waals surface area contributed by atoms with Crippen LogP contribution in [0.5, 0.6) is 0 Å². The first-order chi connectivity index (χ1) is 5.62. The minimum atomic E-state index is -2.74. The van der Waals surface area contributed by atoms with Crippen molar-refractivity contribution >= 4 is 9.84 Å². The van der Waals surface area contributed by atoms with Gasteiger partial charge in [0.1, 0.15) is 0 Å². The highest BCUT2D eigenvalue weighted by Crippen LogP contribution is 2.30. The highest BCUT2D eigenvalue weighted by molar-refractivity contribution is 7.91. The molecular weight excluding hydrogens is 174 g/mol. The van der Waals surface area contributed by atoms with Gasteiger partial charge in [-0.2, -0.15) is 0 Å². The van der Waals surface area contributed by atoms with Crippen LogP contribution in [0.4, 0.5) is 0 Å². The second-order valence-electron chi connectivity index (χ2n) is 4.01. The van der Waals surface area contributed by atoms with Crippen molar-refractivity contribution in [1.29, 1.82) is 0 Å². The fourth-order valence-corrected chi connectivity index (χ4v) is 4.36. The largest absolute Gasteiger partial charge is 0.310 e. The Morgan fingerprint density at radius 1 is 1.17 bits per heavy atom. The molecule has 0 saturated carbocycles. The summed E-state index contributed by atoms with van der Waals surface area (Å²) in [6.45, 7) is 0.996. The van der Waals surface area contributed by atoms with Crippen molar-refractivity contribution < 1.29 is 8.42 Å². The first-order valence-corrected chi connectivity index (χ1v) is 6.40. The van der Waals surface area contributed by atoms with Gasteiger partial charge in [0.15, 0.2) is 9.84 Å². The van der Waals surface area contributed by atoms with Gasteiger partial charge in [-0.15, -0.1) is 0 Å². The summed E-state index contributed by atoms with van der Waals surface area (Å²) in [7, 11) is -2.74. The van der Waals surface area contributed by atoms with Crippen LogP contribution in [0.25, 0.3) is 0 Å². The molecule has 2 heterocycles. The van der Waals surface area contributed by atoms with Gasteiger partial charge in [-0.1, -0.05) is 0 Å². The monoisotopic (exact) mass is 189 g/mol. The Kier molecular flexibility index (Phi) is 1.92. The van der Waals surface area contributed by atoms with Gasteiger partial charge in [-0.25, -0.2) is 8.42 Å². The molecule has 3 nitrogen and oxygen atoms in total. The van der Waals surface area contributed by atoms with E-state index in [0.717, 1.165) is 32.2 Å². The molecule has 4 heteroatoms. The van der Waals surface area contributed by atoms with Crippen molar-refractivity contribution in [2.45, 2.75) is 31.2 Å². The second-order valence-corrected chi connectivity index (χ2v) is 6.19. The fraction of sp³-hybridized carbons (Fsp3) is 1.00. The van der Waals surface area contributed by atoms with Crippen molar-refractivity contribution in [3.05, 3.63) is 0 Å². The zero-order valence-electron chi connectivity index (χ0n) is 7.17. The van der Waals surface area contributed by atoms with Crippen LogP contribution in [-0.4, -0.2) is 32.0 Å². The molecule has 2 aliphatic rings. The van der Waals surface area contributed by atoms with Gasteiger partial charge in [0, 0.05) is 5.54 Å². The van der Waals surface area contributed by atoms with Gasteiger partial charge in [0.05, 0.1) is 11.5 Å². The Hall–Kier alpha value is -0.0900. The number of nitrogens with one attached hydrogen (secondary N) is 1. The number of rotatable bonds is 0. The Morgan fingerprint density at radius 2 is 1.92 bits per heavy atom. The molecule has 2 aliphatic heterocycles. The van der Waals surface area contributed by atoms with E-state index in [-0.39, 0.29) is 5.54 Å². The predicted octanol–water partition coefficient (Wildman–Crippen LogP) is 0.317. The Labute approximate surface area is 73.5 Å². The van der Waals surface area contributed by atoms with Crippen LogP contribution in [0.15, 0.2) is 0 Å². The average Bonchev–Trinajstić information content (AvgIpc) is 2.34. The third-order valence-corrected chi connectivity index (χ3v) is 4.84. The van der Waals surface area contributed by atoms with Crippen LogP contribution >= 0.6 is 0 Å². The normalized spacial score (nSPS) is 40.3. The van der Waals surface area contributed by atoms with Crippen LogP contribution in [0.1, 0.15) is 25.7 Å². The lowest BCUT2D eigenvalue weighted by atomic mass is 9.94. The number of hydrogen-bond donors (Lipinski definition) is 1. The van der Waals surface area contributed by atoms with Gasteiger partial charge in [-0.3, -0.25) is 0 Å². The molecule has 0 aliphatic carbocycles. The second kappa shape index (κ2) is 2.70. The molecule has 1 N–H and O–H groups in total. The predicted molar refractivity (Wildman–Crippen MR) is 47.9 cm³/mol. The molecule has 1 unspecified atom stereocenters. The molecule has 12 heavy (non-hydrogen) atoms. The maximum atomic E-state index is 11.4. The molecule has 0 aromatic carbocycles. The topological polar surface area (TPSA) is 46.2 Å². The molecule has 0 radical (unpaired) electrons. The average molecular weight is 189 g/mol. The highest BCUT2D eigenvalue weighted by Gasteiger charge is 2.40. The van der Waals surface area contributed by atoms with Crippen LogP contribution in [0.2, 0.25) is 0 Å². The summed E-state index contributed by atoms with van der Waals surface area (Å²) in [5.41, 5.74) is -0.0307. The summed E-state index contributed by atoms with van der Waals surface area (Å²) in [5.74, 6) is 0.774. The Balaban J connectivity index is 2.17. The van der Waals surface area contributed by atoms with E-state index >= 15 is 0 Å². The number of sulfone groups is 1. The van der Waals surface area contributed by atoms with E-state index in [1.165, 1.54) is 0 Å². The van der Waals surface area contributed by atoms with Crippen LogP contribution in [0, 0.1) is 0 Å². The van der Waals surface area contributed by atoms with E-state index in [0.29, 0.717) is 11.5 Å². The van der Waals surface area contributed by atoms with Crippen LogP contribution < -0.4 is 5.32 Å². The molecule has 0 aromatic rings. The lowest BCUT2D eigenvalue weighted by Gasteiger charge is -2.33. The van der Waals surface area contributed by atoms with E-state index in [2.05, 4.69) is 5.32 Å². The number of hydrogen-bond acceptors (Lipinski definition) is 3. The molecule has 0 bridgehead atoms. The summed E-state index contributed by atoms with van der Waals surface area (Å²) in [6, 6.07) is 0. The zero-order chi connectivity index (χ0) is 8.66. The van der Waals surface area contributed by atoms with Crippen molar-refractivity contribution in [2.24, 2.45) is 0 Å². The molecule has 1 atom stereocenters. The van der Waals surface area contributed by atoms with Crippen molar-refractivity contribution in [3.63, 3.8) is 0 Å². The van der Waals surface area contributed by atoms with Gasteiger partial charge in [0.25, 0.3) is 0 Å². The van der Waals surface area contributed by atoms with Crippen LogP contribution in [0.3, 0.4) is 0 Å². The molecular formula is C8H15NO2S. The maximum Gasteiger partial charge on any atom is 0.152 e. The first kappa shape index (κ1) is 8.51. The maximum absolute atomic E-state index is 11.4. The van der Waals surface area contributed by atoms with E-state index in [1.807, 2.05) is 0 Å². The summed E-state index contributed by atoms with van der Waals surface area (Å²) in [6.07, 6.45) is 4.07. The van der Waals surface area contributed by atoms with Crippen molar-refractivity contribution in [1.82, 2.24) is 5.32 Å². The molecule has 2 rings (SSSR count). The Bertz CT molecular complexity index is 265. The van der Waals surface area contributed by atoms with Crippen LogP contribution in [-0.2, 0) is 9.84 Å². The van der Waals surface area contributed by atoms with Gasteiger partial charge < -0.3 is 5.32 Å². The summed E-state index contributed by atoms with van der Waals surface area (Å²) < 4.78 is 22.7. The molecule has 70 valence electrons. The first-order valence-electron chi connectivity index (χ1n) is 4.57. The minimum absolute atomic E-state index is 0.0307. The van der Waals surface area contributed by atoms with E-state index < -0.39 is 9.84 Å². The molecule has 2 saturated heterocycles. The van der Waals surface area contributed by atoms with Gasteiger partial charge in [0.2, 0.25) is 0 Å². The Morgan fingerprint density at radius 3 is 2.50 bits per heavy atom. The fourth-order valence-electron chi connectivity index (χ4n) is 2.40. The third kappa shape index (κ3) is 1.50. The molecule has 1 spiro atoms. The van der Waals surface area contributed by atoms with E-state index in [1.54, 1.807) is 0 Å². The van der Waals surface area contributed by atoms with Gasteiger partial charge in [-0.05, 0) is 32.2 Å². The van der Waals surface area contributed by atoms with Crippen molar-refractivity contribution in [3.8, 4) is 0 Å². The molecule has 2 fully saturated rings.